The van der Waals surface area contributed by atoms with E-state index >= 15 is 0 Å². The number of rotatable bonds is 3. The van der Waals surface area contributed by atoms with Crippen molar-refractivity contribution in [3.8, 4) is 17.0 Å². The summed E-state index contributed by atoms with van der Waals surface area (Å²) in [6, 6.07) is 7.98. The van der Waals surface area contributed by atoms with Crippen molar-refractivity contribution in [1.29, 1.82) is 0 Å². The van der Waals surface area contributed by atoms with Crippen LogP contribution in [0.5, 0.6) is 5.75 Å². The standard InChI is InChI=1S/C18H23N3O2/c1-18(2)10-14(20-23-5)16-15(11-18)21(3)19-17(16)12-6-8-13(22-4)9-7-12/h6-9H,10-11H2,1-5H3. The van der Waals surface area contributed by atoms with E-state index in [4.69, 9.17) is 14.7 Å². The van der Waals surface area contributed by atoms with Gasteiger partial charge in [-0.15, -0.1) is 0 Å². The molecule has 0 N–H and O–H groups in total. The molecule has 0 aliphatic heterocycles. The first kappa shape index (κ1) is 15.6. The lowest BCUT2D eigenvalue weighted by Crippen LogP contribution is -2.28. The molecule has 122 valence electrons. The molecule has 2 aromatic rings. The van der Waals surface area contributed by atoms with Crippen LogP contribution in [0.1, 0.15) is 31.5 Å². The second kappa shape index (κ2) is 5.72. The molecule has 0 unspecified atom stereocenters. The molecule has 0 bridgehead atoms. The Balaban J connectivity index is 2.15. The zero-order chi connectivity index (χ0) is 16.6. The molecule has 0 amide bonds. The van der Waals surface area contributed by atoms with Crippen LogP contribution in [0.25, 0.3) is 11.3 Å². The van der Waals surface area contributed by atoms with Crippen LogP contribution < -0.4 is 4.74 Å². The average Bonchev–Trinajstić information content (AvgIpc) is 2.83. The van der Waals surface area contributed by atoms with E-state index in [2.05, 4.69) is 19.0 Å². The van der Waals surface area contributed by atoms with Gasteiger partial charge in [0.1, 0.15) is 18.6 Å². The average molecular weight is 313 g/mol. The minimum absolute atomic E-state index is 0.148. The van der Waals surface area contributed by atoms with Crippen molar-refractivity contribution in [3.63, 3.8) is 0 Å². The molecule has 5 heteroatoms. The smallest absolute Gasteiger partial charge is 0.118 e. The number of nitrogens with zero attached hydrogens (tertiary/aromatic N) is 3. The van der Waals surface area contributed by atoms with E-state index in [-0.39, 0.29) is 5.41 Å². The molecule has 0 fully saturated rings. The fraction of sp³-hybridized carbons (Fsp3) is 0.444. The third kappa shape index (κ3) is 2.83. The number of hydrogen-bond donors (Lipinski definition) is 0. The molecule has 1 aliphatic rings. The molecule has 5 nitrogen and oxygen atoms in total. The molecule has 0 saturated carbocycles. The number of ether oxygens (including phenoxy) is 1. The molecular weight excluding hydrogens is 290 g/mol. The van der Waals surface area contributed by atoms with E-state index in [0.717, 1.165) is 41.1 Å². The van der Waals surface area contributed by atoms with Gasteiger partial charge in [0.05, 0.1) is 12.8 Å². The summed E-state index contributed by atoms with van der Waals surface area (Å²) in [5.41, 5.74) is 5.46. The molecule has 1 aromatic heterocycles. The highest BCUT2D eigenvalue weighted by Crippen LogP contribution is 2.39. The number of aryl methyl sites for hydroxylation is 1. The topological polar surface area (TPSA) is 48.6 Å². The summed E-state index contributed by atoms with van der Waals surface area (Å²) < 4.78 is 7.21. The first-order valence-electron chi connectivity index (χ1n) is 7.76. The van der Waals surface area contributed by atoms with Crippen LogP contribution in [0.3, 0.4) is 0 Å². The van der Waals surface area contributed by atoms with Crippen molar-refractivity contribution >= 4 is 5.71 Å². The lowest BCUT2D eigenvalue weighted by Gasteiger charge is -2.30. The second-order valence-electron chi connectivity index (χ2n) is 6.76. The maximum Gasteiger partial charge on any atom is 0.118 e. The number of oxime groups is 1. The second-order valence-corrected chi connectivity index (χ2v) is 6.76. The highest BCUT2D eigenvalue weighted by molar-refractivity contribution is 6.07. The summed E-state index contributed by atoms with van der Waals surface area (Å²) in [6.07, 6.45) is 1.85. The van der Waals surface area contributed by atoms with Crippen molar-refractivity contribution < 1.29 is 9.57 Å². The van der Waals surface area contributed by atoms with Gasteiger partial charge < -0.3 is 9.57 Å². The molecule has 0 atom stereocenters. The van der Waals surface area contributed by atoms with Crippen molar-refractivity contribution in [2.45, 2.75) is 26.7 Å². The van der Waals surface area contributed by atoms with E-state index in [9.17, 15) is 0 Å². The zero-order valence-electron chi connectivity index (χ0n) is 14.4. The lowest BCUT2D eigenvalue weighted by molar-refractivity contribution is 0.210. The minimum Gasteiger partial charge on any atom is -0.497 e. The highest BCUT2D eigenvalue weighted by atomic mass is 16.6. The summed E-state index contributed by atoms with van der Waals surface area (Å²) in [7, 11) is 5.26. The Labute approximate surface area is 136 Å². The fourth-order valence-corrected chi connectivity index (χ4v) is 3.26. The predicted octanol–water partition coefficient (Wildman–Crippen LogP) is 3.42. The number of hydrogen-bond acceptors (Lipinski definition) is 4. The Morgan fingerprint density at radius 3 is 2.43 bits per heavy atom. The summed E-state index contributed by atoms with van der Waals surface area (Å²) in [6.45, 7) is 4.50. The van der Waals surface area contributed by atoms with Crippen molar-refractivity contribution in [2.75, 3.05) is 14.2 Å². The van der Waals surface area contributed by atoms with Gasteiger partial charge in [0, 0.05) is 23.9 Å². The first-order chi connectivity index (χ1) is 10.9. The molecule has 3 rings (SSSR count). The Morgan fingerprint density at radius 1 is 1.13 bits per heavy atom. The molecular formula is C18H23N3O2. The van der Waals surface area contributed by atoms with Gasteiger partial charge in [-0.3, -0.25) is 4.68 Å². The van der Waals surface area contributed by atoms with Crippen LogP contribution in [0.15, 0.2) is 29.4 Å². The van der Waals surface area contributed by atoms with Gasteiger partial charge in [-0.1, -0.05) is 19.0 Å². The third-order valence-electron chi connectivity index (χ3n) is 4.31. The lowest BCUT2D eigenvalue weighted by atomic mass is 9.75. The Kier molecular flexibility index (Phi) is 3.88. The molecule has 23 heavy (non-hydrogen) atoms. The minimum atomic E-state index is 0.148. The van der Waals surface area contributed by atoms with Gasteiger partial charge in [-0.2, -0.15) is 5.10 Å². The normalized spacial score (nSPS) is 17.9. The zero-order valence-corrected chi connectivity index (χ0v) is 14.4. The first-order valence-corrected chi connectivity index (χ1v) is 7.76. The van der Waals surface area contributed by atoms with Gasteiger partial charge in [0.25, 0.3) is 0 Å². The van der Waals surface area contributed by atoms with Crippen molar-refractivity contribution in [3.05, 3.63) is 35.5 Å². The van der Waals surface area contributed by atoms with Crippen LogP contribution in [0.2, 0.25) is 0 Å². The van der Waals surface area contributed by atoms with Crippen LogP contribution in [0.4, 0.5) is 0 Å². The Morgan fingerprint density at radius 2 is 1.83 bits per heavy atom. The van der Waals surface area contributed by atoms with Crippen LogP contribution in [0, 0.1) is 5.41 Å². The van der Waals surface area contributed by atoms with Crippen LogP contribution >= 0.6 is 0 Å². The van der Waals surface area contributed by atoms with Gasteiger partial charge in [0.15, 0.2) is 0 Å². The van der Waals surface area contributed by atoms with Gasteiger partial charge >= 0.3 is 0 Å². The highest BCUT2D eigenvalue weighted by Gasteiger charge is 2.35. The molecule has 0 radical (unpaired) electrons. The predicted molar refractivity (Wildman–Crippen MR) is 90.8 cm³/mol. The third-order valence-corrected chi connectivity index (χ3v) is 4.31. The molecule has 0 spiro atoms. The molecule has 1 aromatic carbocycles. The van der Waals surface area contributed by atoms with Crippen molar-refractivity contribution in [1.82, 2.24) is 9.78 Å². The number of aromatic nitrogens is 2. The summed E-state index contributed by atoms with van der Waals surface area (Å²) in [4.78, 5) is 5.10. The molecule has 0 saturated heterocycles. The largest absolute Gasteiger partial charge is 0.497 e. The van der Waals surface area contributed by atoms with Crippen LogP contribution in [-0.4, -0.2) is 29.7 Å². The van der Waals surface area contributed by atoms with E-state index in [0.29, 0.717) is 0 Å². The van der Waals surface area contributed by atoms with E-state index in [1.54, 1.807) is 14.2 Å². The number of fused-ring (bicyclic) bond motifs is 1. The number of methoxy groups -OCH3 is 1. The maximum atomic E-state index is 5.24. The molecule has 1 aliphatic carbocycles. The van der Waals surface area contributed by atoms with Gasteiger partial charge in [-0.05, 0) is 42.5 Å². The fourth-order valence-electron chi connectivity index (χ4n) is 3.26. The summed E-state index contributed by atoms with van der Waals surface area (Å²) in [5, 5.41) is 9.05. The SMILES string of the molecule is CON=C1CC(C)(C)Cc2c1c(-c1ccc(OC)cc1)nn2C. The molecule has 1 heterocycles. The Hall–Kier alpha value is -2.30. The van der Waals surface area contributed by atoms with Crippen molar-refractivity contribution in [2.24, 2.45) is 17.6 Å². The monoisotopic (exact) mass is 313 g/mol. The van der Waals surface area contributed by atoms with Gasteiger partial charge in [-0.25, -0.2) is 0 Å². The van der Waals surface area contributed by atoms with E-state index in [1.165, 1.54) is 5.69 Å². The number of benzene rings is 1. The Bertz CT molecular complexity index is 742. The summed E-state index contributed by atoms with van der Waals surface area (Å²) >= 11 is 0. The van der Waals surface area contributed by atoms with Gasteiger partial charge in [0.2, 0.25) is 0 Å². The van der Waals surface area contributed by atoms with Crippen LogP contribution in [-0.2, 0) is 18.3 Å². The quantitative estimate of drug-likeness (QED) is 0.816. The van der Waals surface area contributed by atoms with E-state index in [1.807, 2.05) is 36.0 Å². The maximum absolute atomic E-state index is 5.24. The summed E-state index contributed by atoms with van der Waals surface area (Å²) in [5.74, 6) is 0.838. The van der Waals surface area contributed by atoms with E-state index < -0.39 is 0 Å².